The minimum Gasteiger partial charge on any atom is -0.510 e. The molecule has 1 aliphatic carbocycles. The van der Waals surface area contributed by atoms with E-state index in [2.05, 4.69) is 124 Å². The van der Waals surface area contributed by atoms with Gasteiger partial charge in [-0.2, -0.15) is 0 Å². The first-order valence-corrected chi connectivity index (χ1v) is 16.6. The molecule has 0 radical (unpaired) electrons. The van der Waals surface area contributed by atoms with Gasteiger partial charge in [-0.3, -0.25) is 4.79 Å². The van der Waals surface area contributed by atoms with E-state index in [4.69, 9.17) is 0 Å². The summed E-state index contributed by atoms with van der Waals surface area (Å²) in [7, 11) is 4.19. The Morgan fingerprint density at radius 2 is 1.64 bits per heavy atom. The lowest BCUT2D eigenvalue weighted by Crippen LogP contribution is -2.46. The normalized spacial score (nSPS) is 24.1. The van der Waals surface area contributed by atoms with Crippen molar-refractivity contribution in [3.63, 3.8) is 0 Å². The number of hydrogen-bond donors (Lipinski definition) is 2. The highest BCUT2D eigenvalue weighted by molar-refractivity contribution is 14.2. The molecule has 0 saturated carbocycles. The fourth-order valence-corrected chi connectivity index (χ4v) is 10.6. The zero-order valence-electron chi connectivity index (χ0n) is 25.6. The maximum atomic E-state index is 14.0. The first-order valence-electron chi connectivity index (χ1n) is 14.5. The average molecular weight is 672 g/mol. The van der Waals surface area contributed by atoms with Gasteiger partial charge in [0.05, 0.1) is 5.57 Å². The molecule has 3 aromatic carbocycles. The van der Waals surface area contributed by atoms with Crippen molar-refractivity contribution in [2.75, 3.05) is 27.4 Å². The Morgan fingerprint density at radius 1 is 0.929 bits per heavy atom. The van der Waals surface area contributed by atoms with E-state index in [0.717, 1.165) is 26.3 Å². The molecular weight excluding hydrogens is 633 g/mol. The molecule has 0 aromatic heterocycles. The molecule has 42 heavy (non-hydrogen) atoms. The largest absolute Gasteiger partial charge is 0.510 e. The van der Waals surface area contributed by atoms with E-state index in [1.165, 1.54) is 33.2 Å². The summed E-state index contributed by atoms with van der Waals surface area (Å²) in [6.07, 6.45) is 1.94. The molecule has 7 rings (SSSR count). The van der Waals surface area contributed by atoms with Crippen molar-refractivity contribution in [2.24, 2.45) is 5.92 Å². The van der Waals surface area contributed by atoms with Crippen molar-refractivity contribution in [3.8, 4) is 0 Å². The lowest BCUT2D eigenvalue weighted by atomic mass is 9.68. The van der Waals surface area contributed by atoms with Crippen LogP contribution in [0.4, 0.5) is 17.1 Å². The number of fused-ring (bicyclic) bond motifs is 5. The van der Waals surface area contributed by atoms with E-state index in [0.29, 0.717) is 5.57 Å². The molecule has 3 heterocycles. The van der Waals surface area contributed by atoms with E-state index in [1.54, 1.807) is 0 Å². The molecule has 3 aliphatic heterocycles. The van der Waals surface area contributed by atoms with Gasteiger partial charge in [0.1, 0.15) is 11.7 Å². The van der Waals surface area contributed by atoms with Gasteiger partial charge in [-0.25, -0.2) is 0 Å². The van der Waals surface area contributed by atoms with Gasteiger partial charge < -0.3 is 18.4 Å². The number of hydrogen-bond acceptors (Lipinski definition) is 5. The summed E-state index contributed by atoms with van der Waals surface area (Å²) in [5, 5.41) is 17.5. The van der Waals surface area contributed by atoms with Crippen LogP contribution in [0.1, 0.15) is 58.2 Å². The molecule has 6 heteroatoms. The molecule has 0 amide bonds. The van der Waals surface area contributed by atoms with Gasteiger partial charge in [0.15, 0.2) is 5.78 Å². The number of allylic oxidation sites excluding steroid dienone is 5. The fourth-order valence-electron chi connectivity index (χ4n) is 7.42. The molecular formula is C36H38IN3O2. The second-order valence-corrected chi connectivity index (χ2v) is 16.8. The number of aliphatic hydroxyl groups is 1. The Bertz CT molecular complexity index is 1870. The minimum atomic E-state index is -0.654. The molecule has 4 aliphatic rings. The molecule has 216 valence electrons. The van der Waals surface area contributed by atoms with Crippen LogP contribution in [0.2, 0.25) is 0 Å². The molecule has 0 bridgehead atoms. The number of rotatable bonds is 2. The Hall–Kier alpha value is -3.39. The standard InChI is InChI=1S/C36H38IN3O2/c1-19-34(2,3)23-18-27-24(17-25(23)38-19)35(4,5)33(37-40(27)9)29-31(41)22(32(29)42)16-28-36(6,7)30-21-13-11-10-12-20(21)14-15-26(30)39(28)8/h10-18,29,38,41H,1H2,2-9H3/b28-16+. The van der Waals surface area contributed by atoms with E-state index in [9.17, 15) is 9.90 Å². The van der Waals surface area contributed by atoms with Crippen LogP contribution in [0.3, 0.4) is 0 Å². The molecule has 0 saturated heterocycles. The predicted octanol–water partition coefficient (Wildman–Crippen LogP) is 8.16. The van der Waals surface area contributed by atoms with Crippen molar-refractivity contribution >= 4 is 58.1 Å². The first kappa shape index (κ1) is 27.4. The van der Waals surface area contributed by atoms with Crippen LogP contribution in [-0.2, 0) is 21.0 Å². The second-order valence-electron chi connectivity index (χ2n) is 13.7. The number of carbonyl (C=O) groups excluding carboxylic acids is 1. The molecule has 5 nitrogen and oxygen atoms in total. The van der Waals surface area contributed by atoms with Crippen molar-refractivity contribution in [2.45, 2.75) is 57.8 Å². The average Bonchev–Trinajstić information content (AvgIpc) is 3.28. The quantitative estimate of drug-likeness (QED) is 0.213. The first-order chi connectivity index (χ1) is 19.7. The summed E-state index contributed by atoms with van der Waals surface area (Å²) in [6, 6.07) is 17.3. The highest BCUT2D eigenvalue weighted by atomic mass is 127. The summed E-state index contributed by atoms with van der Waals surface area (Å²) in [4.78, 5) is 16.1. The summed E-state index contributed by atoms with van der Waals surface area (Å²) >= 11 is -0.654. The number of nitrogens with zero attached hydrogens (tertiary/aromatic N) is 2. The third-order valence-corrected chi connectivity index (χ3v) is 13.9. The molecule has 0 fully saturated rings. The highest BCUT2D eigenvalue weighted by Crippen LogP contribution is 2.54. The van der Waals surface area contributed by atoms with Crippen molar-refractivity contribution in [1.82, 2.24) is 0 Å². The van der Waals surface area contributed by atoms with Crippen LogP contribution in [0.5, 0.6) is 0 Å². The van der Waals surface area contributed by atoms with Gasteiger partial charge in [-0.15, -0.1) is 0 Å². The number of likely N-dealkylation sites (N-methyl/N-ethyl adjacent to an activating group) is 1. The van der Waals surface area contributed by atoms with Gasteiger partial charge >= 0.3 is 0 Å². The van der Waals surface area contributed by atoms with Crippen LogP contribution in [0.15, 0.2) is 83.9 Å². The Kier molecular flexibility index (Phi) is 5.61. The summed E-state index contributed by atoms with van der Waals surface area (Å²) < 4.78 is 3.48. The number of aliphatic hydroxyl groups excluding tert-OH is 1. The third kappa shape index (κ3) is 3.41. The molecule has 3 aromatic rings. The van der Waals surface area contributed by atoms with Gasteiger partial charge in [-0.05, 0) is 51.7 Å². The number of carbonyl (C=O) groups is 1. The number of anilines is 3. The Labute approximate surface area is 258 Å². The van der Waals surface area contributed by atoms with Crippen LogP contribution < -0.4 is 13.3 Å². The van der Waals surface area contributed by atoms with E-state index in [-0.39, 0.29) is 27.8 Å². The lowest BCUT2D eigenvalue weighted by molar-refractivity contribution is -0.119. The third-order valence-electron chi connectivity index (χ3n) is 10.2. The molecule has 1 unspecified atom stereocenters. The number of benzene rings is 3. The Morgan fingerprint density at radius 3 is 2.36 bits per heavy atom. The van der Waals surface area contributed by atoms with Crippen LogP contribution in [-0.4, -0.2) is 28.5 Å². The van der Waals surface area contributed by atoms with Crippen LogP contribution in [0.25, 0.3) is 10.8 Å². The number of halogens is 1. The molecule has 1 atom stereocenters. The number of ketones is 1. The van der Waals surface area contributed by atoms with Crippen LogP contribution >= 0.6 is 21.0 Å². The van der Waals surface area contributed by atoms with Gasteiger partial charge in [0, 0.05) is 83.3 Å². The van der Waals surface area contributed by atoms with Gasteiger partial charge in [-0.1, -0.05) is 78.5 Å². The van der Waals surface area contributed by atoms with E-state index < -0.39 is 26.9 Å². The van der Waals surface area contributed by atoms with Crippen molar-refractivity contribution in [3.05, 3.63) is 101 Å². The summed E-state index contributed by atoms with van der Waals surface area (Å²) in [6.45, 7) is 17.5. The minimum absolute atomic E-state index is 0.0263. The maximum absolute atomic E-state index is 14.0. The van der Waals surface area contributed by atoms with E-state index >= 15 is 0 Å². The summed E-state index contributed by atoms with van der Waals surface area (Å²) in [5.74, 6) is -0.315. The van der Waals surface area contributed by atoms with Crippen molar-refractivity contribution in [1.29, 1.82) is 0 Å². The number of Topliss-reactive ketones (excluding diaryl/α,β-unsaturated/α-hetero) is 1. The van der Waals surface area contributed by atoms with Crippen LogP contribution in [0, 0.1) is 5.92 Å². The molecule has 0 spiro atoms. The fraction of sp³-hybridized carbons (Fsp3) is 0.333. The zero-order chi connectivity index (χ0) is 30.1. The monoisotopic (exact) mass is 671 g/mol. The predicted molar refractivity (Wildman–Crippen MR) is 184 cm³/mol. The maximum Gasteiger partial charge on any atom is 0.181 e. The van der Waals surface area contributed by atoms with Gasteiger partial charge in [0.2, 0.25) is 0 Å². The lowest BCUT2D eigenvalue weighted by Gasteiger charge is -2.43. The zero-order valence-corrected chi connectivity index (χ0v) is 27.8. The van der Waals surface area contributed by atoms with E-state index in [1.807, 2.05) is 6.08 Å². The number of nitrogens with one attached hydrogen (secondary N) is 1. The van der Waals surface area contributed by atoms with Gasteiger partial charge in [0.25, 0.3) is 0 Å². The Balaban J connectivity index is 1.28. The smallest absolute Gasteiger partial charge is 0.181 e. The second kappa shape index (κ2) is 8.59. The topological polar surface area (TPSA) is 55.8 Å². The van der Waals surface area contributed by atoms with Crippen molar-refractivity contribution < 1.29 is 9.90 Å². The SMILES string of the molecule is C=C1Nc2cc3c(cc2C1(C)C)N(C)I=C(C1C(=O)C(/C=C2/N(C)c4ccc5ccccc5c4C2(C)C)=C1O)C3(C)C. The molecule has 2 N–H and O–H groups in total. The highest BCUT2D eigenvalue weighted by Gasteiger charge is 2.50. The summed E-state index contributed by atoms with van der Waals surface area (Å²) in [5.41, 5.74) is 8.82.